The van der Waals surface area contributed by atoms with Crippen molar-refractivity contribution < 1.29 is 17.5 Å². The zero-order valence-electron chi connectivity index (χ0n) is 16.7. The number of hydrogen-bond donors (Lipinski definition) is 1. The minimum absolute atomic E-state index is 0.0604. The van der Waals surface area contributed by atoms with Crippen molar-refractivity contribution in [1.29, 1.82) is 0 Å². The summed E-state index contributed by atoms with van der Waals surface area (Å²) in [6.07, 6.45) is 7.29. The first-order chi connectivity index (χ1) is 15.3. The van der Waals surface area contributed by atoms with Gasteiger partial charge in [-0.05, 0) is 12.1 Å². The highest BCUT2D eigenvalue weighted by atomic mass is 35.5. The minimum atomic E-state index is -4.30. The van der Waals surface area contributed by atoms with E-state index in [2.05, 4.69) is 36.6 Å². The van der Waals surface area contributed by atoms with Crippen LogP contribution in [-0.2, 0) is 17.1 Å². The largest absolute Gasteiger partial charge is 0.480 e. The highest BCUT2D eigenvalue weighted by Crippen LogP contribution is 2.27. The number of aromatic nitrogens is 5. The van der Waals surface area contributed by atoms with Crippen molar-refractivity contribution in [2.75, 3.05) is 11.8 Å². The molecule has 0 spiro atoms. The van der Waals surface area contributed by atoms with Crippen LogP contribution in [0.15, 0.2) is 48.0 Å². The average Bonchev–Trinajstić information content (AvgIpc) is 3.16. The minimum Gasteiger partial charge on any atom is -0.480 e. The Balaban J connectivity index is 1.70. The van der Waals surface area contributed by atoms with Crippen molar-refractivity contribution in [2.24, 2.45) is 7.05 Å². The van der Waals surface area contributed by atoms with E-state index in [9.17, 15) is 8.42 Å². The Morgan fingerprint density at radius 3 is 2.72 bits per heavy atom. The van der Waals surface area contributed by atoms with Gasteiger partial charge in [-0.2, -0.15) is 5.10 Å². The summed E-state index contributed by atoms with van der Waals surface area (Å²) in [4.78, 5) is 11.3. The maximum Gasteiger partial charge on any atom is 0.268 e. The smallest absolute Gasteiger partial charge is 0.268 e. The van der Waals surface area contributed by atoms with Crippen LogP contribution < -0.4 is 9.46 Å². The van der Waals surface area contributed by atoms with Crippen LogP contribution in [0.1, 0.15) is 11.1 Å². The maximum atomic E-state index is 15.0. The molecule has 0 aliphatic rings. The van der Waals surface area contributed by atoms with Gasteiger partial charge in [-0.25, -0.2) is 22.8 Å². The molecule has 0 aliphatic carbocycles. The zero-order chi connectivity index (χ0) is 22.9. The van der Waals surface area contributed by atoms with Gasteiger partial charge in [-0.3, -0.25) is 14.4 Å². The summed E-state index contributed by atoms with van der Waals surface area (Å²) in [5.74, 6) is 3.87. The topological polar surface area (TPSA) is 112 Å². The molecule has 4 heterocycles. The molecule has 4 rings (SSSR count). The third-order valence-electron chi connectivity index (χ3n) is 4.40. The van der Waals surface area contributed by atoms with Crippen LogP contribution in [0.5, 0.6) is 5.88 Å². The predicted molar refractivity (Wildman–Crippen MR) is 115 cm³/mol. The predicted octanol–water partition coefficient (Wildman–Crippen LogP) is 2.76. The molecule has 162 valence electrons. The van der Waals surface area contributed by atoms with Crippen molar-refractivity contribution in [3.05, 3.63) is 65.1 Å². The molecule has 0 saturated carbocycles. The molecular formula is C20H14ClFN6O3S. The number of anilines is 1. The molecule has 0 bridgehead atoms. The maximum absolute atomic E-state index is 15.0. The fourth-order valence-electron chi connectivity index (χ4n) is 2.84. The van der Waals surface area contributed by atoms with Gasteiger partial charge in [0.05, 0.1) is 41.2 Å². The SMILES string of the molecule is COc1ncc(Cl)cc1S(=O)(=O)Nc1nccc(C#Cc2cncc3c2cnn3C)c1F. The molecule has 12 heteroatoms. The van der Waals surface area contributed by atoms with E-state index >= 15 is 4.39 Å². The number of rotatable bonds is 4. The number of fused-ring (bicyclic) bond motifs is 1. The van der Waals surface area contributed by atoms with Crippen LogP contribution in [0.2, 0.25) is 5.02 Å². The van der Waals surface area contributed by atoms with Gasteiger partial charge in [0.2, 0.25) is 5.88 Å². The van der Waals surface area contributed by atoms with Crippen LogP contribution in [0.25, 0.3) is 10.9 Å². The van der Waals surface area contributed by atoms with E-state index in [1.54, 1.807) is 24.1 Å². The molecule has 0 atom stereocenters. The van der Waals surface area contributed by atoms with Gasteiger partial charge < -0.3 is 4.74 Å². The number of methoxy groups -OCH3 is 1. The number of nitrogens with one attached hydrogen (secondary N) is 1. The van der Waals surface area contributed by atoms with E-state index in [1.807, 2.05) is 0 Å². The molecule has 0 aromatic carbocycles. The lowest BCUT2D eigenvalue weighted by atomic mass is 10.1. The Kier molecular flexibility index (Phi) is 5.65. The first-order valence-electron chi connectivity index (χ1n) is 8.95. The highest BCUT2D eigenvalue weighted by molar-refractivity contribution is 7.92. The number of halogens is 2. The van der Waals surface area contributed by atoms with E-state index in [1.165, 1.54) is 31.8 Å². The molecule has 32 heavy (non-hydrogen) atoms. The number of ether oxygens (including phenoxy) is 1. The van der Waals surface area contributed by atoms with E-state index in [0.717, 1.165) is 17.0 Å². The summed E-state index contributed by atoms with van der Waals surface area (Å²) in [7, 11) is -1.28. The lowest BCUT2D eigenvalue weighted by Gasteiger charge is -2.11. The first-order valence-corrected chi connectivity index (χ1v) is 10.8. The van der Waals surface area contributed by atoms with Crippen LogP contribution in [0.3, 0.4) is 0 Å². The van der Waals surface area contributed by atoms with Crippen molar-refractivity contribution in [2.45, 2.75) is 4.90 Å². The molecule has 0 radical (unpaired) electrons. The van der Waals surface area contributed by atoms with Crippen molar-refractivity contribution in [1.82, 2.24) is 24.7 Å². The monoisotopic (exact) mass is 472 g/mol. The fraction of sp³-hybridized carbons (Fsp3) is 0.100. The van der Waals surface area contributed by atoms with Gasteiger partial charge >= 0.3 is 0 Å². The van der Waals surface area contributed by atoms with E-state index in [0.29, 0.717) is 5.56 Å². The molecule has 4 aromatic heterocycles. The second-order valence-corrected chi connectivity index (χ2v) is 8.51. The van der Waals surface area contributed by atoms with Crippen molar-refractivity contribution in [3.63, 3.8) is 0 Å². The Morgan fingerprint density at radius 2 is 1.94 bits per heavy atom. The number of hydrogen-bond acceptors (Lipinski definition) is 7. The molecule has 0 amide bonds. The summed E-state index contributed by atoms with van der Waals surface area (Å²) in [5, 5.41) is 4.98. The normalized spacial score (nSPS) is 11.1. The molecule has 0 unspecified atom stereocenters. The second kappa shape index (κ2) is 8.41. The zero-order valence-corrected chi connectivity index (χ0v) is 18.2. The molecular weight excluding hydrogens is 459 g/mol. The Bertz CT molecular complexity index is 1510. The van der Waals surface area contributed by atoms with E-state index in [4.69, 9.17) is 16.3 Å². The lowest BCUT2D eigenvalue weighted by Crippen LogP contribution is -2.17. The number of sulfonamides is 1. The molecule has 0 fully saturated rings. The van der Waals surface area contributed by atoms with Gasteiger partial charge in [-0.15, -0.1) is 0 Å². The third kappa shape index (κ3) is 4.05. The molecule has 1 N–H and O–H groups in total. The Morgan fingerprint density at radius 1 is 1.16 bits per heavy atom. The lowest BCUT2D eigenvalue weighted by molar-refractivity contribution is 0.385. The second-order valence-electron chi connectivity index (χ2n) is 6.43. The van der Waals surface area contributed by atoms with Gasteiger partial charge in [0.25, 0.3) is 10.0 Å². The Hall–Kier alpha value is -3.75. The standard InChI is InChI=1S/C20H14ClFN6O3S/c1-28-16-11-23-8-13(15(16)10-26-28)4-3-12-5-6-24-19(18(12)22)27-32(29,30)17-7-14(21)9-25-20(17)31-2/h5-11H,1-2H3,(H,24,27). The fourth-order valence-corrected chi connectivity index (χ4v) is 4.22. The number of nitrogens with zero attached hydrogens (tertiary/aromatic N) is 5. The van der Waals surface area contributed by atoms with Crippen LogP contribution >= 0.6 is 11.6 Å². The third-order valence-corrected chi connectivity index (χ3v) is 5.94. The van der Waals surface area contributed by atoms with Gasteiger partial charge in [-0.1, -0.05) is 23.4 Å². The highest BCUT2D eigenvalue weighted by Gasteiger charge is 2.24. The van der Waals surface area contributed by atoms with Gasteiger partial charge in [0.1, 0.15) is 0 Å². The summed E-state index contributed by atoms with van der Waals surface area (Å²) in [5.41, 5.74) is 1.25. The van der Waals surface area contributed by atoms with Crippen LogP contribution in [-0.4, -0.2) is 40.3 Å². The first kappa shape index (κ1) is 21.5. The van der Waals surface area contributed by atoms with Gasteiger partial charge in [0.15, 0.2) is 16.5 Å². The van der Waals surface area contributed by atoms with Crippen LogP contribution in [0, 0.1) is 17.7 Å². The number of aryl methyl sites for hydroxylation is 1. The number of pyridine rings is 3. The van der Waals surface area contributed by atoms with Crippen LogP contribution in [0.4, 0.5) is 10.2 Å². The summed E-state index contributed by atoms with van der Waals surface area (Å²) in [6, 6.07) is 2.47. The van der Waals surface area contributed by atoms with E-state index in [-0.39, 0.29) is 21.4 Å². The van der Waals surface area contributed by atoms with E-state index < -0.39 is 21.7 Å². The van der Waals surface area contributed by atoms with Crippen molar-refractivity contribution >= 4 is 38.3 Å². The molecule has 9 nitrogen and oxygen atoms in total. The Labute approximate surface area is 187 Å². The molecule has 0 saturated heterocycles. The van der Waals surface area contributed by atoms with Gasteiger partial charge in [0, 0.05) is 31.0 Å². The molecule has 4 aromatic rings. The quantitative estimate of drug-likeness (QED) is 0.454. The molecule has 0 aliphatic heterocycles. The summed E-state index contributed by atoms with van der Waals surface area (Å²) >= 11 is 5.85. The van der Waals surface area contributed by atoms with Crippen molar-refractivity contribution in [3.8, 4) is 17.7 Å². The average molecular weight is 473 g/mol. The summed E-state index contributed by atoms with van der Waals surface area (Å²) < 4.78 is 49.3. The summed E-state index contributed by atoms with van der Waals surface area (Å²) in [6.45, 7) is 0.